The summed E-state index contributed by atoms with van der Waals surface area (Å²) in [4.78, 5) is 2.38. The van der Waals surface area contributed by atoms with Crippen LogP contribution in [0, 0.1) is 11.8 Å². The normalized spacial score (nSPS) is 22.2. The number of piperidine rings is 1. The van der Waals surface area contributed by atoms with Crippen LogP contribution in [0.2, 0.25) is 0 Å². The highest BCUT2D eigenvalue weighted by atomic mass is 32.2. The summed E-state index contributed by atoms with van der Waals surface area (Å²) in [6.07, 6.45) is 3.01. The Morgan fingerprint density at radius 2 is 2.05 bits per heavy atom. The minimum atomic E-state index is 0.691. The Morgan fingerprint density at radius 3 is 2.68 bits per heavy atom. The van der Waals surface area contributed by atoms with E-state index in [1.807, 2.05) is 12.1 Å². The van der Waals surface area contributed by atoms with Gasteiger partial charge >= 0.3 is 0 Å². The number of aromatic nitrogens is 3. The molecule has 1 saturated heterocycles. The average Bonchev–Trinajstić information content (AvgIpc) is 3.10. The monoisotopic (exact) mass is 320 g/mol. The minimum absolute atomic E-state index is 0.691. The summed E-state index contributed by atoms with van der Waals surface area (Å²) in [5, 5.41) is 9.86. The van der Waals surface area contributed by atoms with Crippen LogP contribution < -0.4 is 4.90 Å². The fraction of sp³-hybridized carbons (Fsp3) is 0.625. The van der Waals surface area contributed by atoms with Crippen LogP contribution in [-0.2, 0) is 6.54 Å². The molecule has 3 rings (SSSR count). The fourth-order valence-corrected chi connectivity index (χ4v) is 3.93. The Balaban J connectivity index is 1.89. The fourth-order valence-electron chi connectivity index (χ4n) is 3.27. The van der Waals surface area contributed by atoms with Gasteiger partial charge in [0.1, 0.15) is 5.76 Å². The lowest BCUT2D eigenvalue weighted by Crippen LogP contribution is -2.40. The van der Waals surface area contributed by atoms with Gasteiger partial charge in [-0.15, -0.1) is 10.2 Å². The summed E-state index contributed by atoms with van der Waals surface area (Å²) in [5.41, 5.74) is 0. The zero-order valence-corrected chi connectivity index (χ0v) is 14.3. The number of anilines is 1. The van der Waals surface area contributed by atoms with Crippen LogP contribution in [0.15, 0.2) is 28.0 Å². The van der Waals surface area contributed by atoms with Gasteiger partial charge in [-0.05, 0) is 36.1 Å². The highest BCUT2D eigenvalue weighted by molar-refractivity contribution is 7.99. The smallest absolute Gasteiger partial charge is 0.228 e. The molecule has 2 unspecified atom stereocenters. The predicted molar refractivity (Wildman–Crippen MR) is 89.4 cm³/mol. The lowest BCUT2D eigenvalue weighted by Gasteiger charge is -2.35. The topological polar surface area (TPSA) is 47.1 Å². The van der Waals surface area contributed by atoms with Gasteiger partial charge in [-0.25, -0.2) is 0 Å². The van der Waals surface area contributed by atoms with Crippen molar-refractivity contribution in [3.63, 3.8) is 0 Å². The number of hydrogen-bond donors (Lipinski definition) is 0. The summed E-state index contributed by atoms with van der Waals surface area (Å²) >= 11 is 1.73. The Hall–Kier alpha value is -1.43. The Kier molecular flexibility index (Phi) is 4.76. The number of thioether (sulfide) groups is 1. The molecule has 22 heavy (non-hydrogen) atoms. The molecule has 0 aromatic carbocycles. The first-order valence-electron chi connectivity index (χ1n) is 8.00. The van der Waals surface area contributed by atoms with Gasteiger partial charge in [-0.2, -0.15) is 0 Å². The van der Waals surface area contributed by atoms with Crippen molar-refractivity contribution in [2.24, 2.45) is 11.8 Å². The van der Waals surface area contributed by atoms with Gasteiger partial charge < -0.3 is 9.32 Å². The van der Waals surface area contributed by atoms with Crippen LogP contribution in [0.4, 0.5) is 5.95 Å². The van der Waals surface area contributed by atoms with Crippen molar-refractivity contribution in [1.82, 2.24) is 14.8 Å². The molecular formula is C16H24N4OS. The number of rotatable bonds is 5. The molecule has 2 atom stereocenters. The van der Waals surface area contributed by atoms with Crippen LogP contribution >= 0.6 is 11.8 Å². The third-order valence-electron chi connectivity index (χ3n) is 4.02. The molecule has 5 nitrogen and oxygen atoms in total. The summed E-state index contributed by atoms with van der Waals surface area (Å²) in [6, 6.07) is 3.93. The molecule has 3 heterocycles. The molecule has 1 fully saturated rings. The van der Waals surface area contributed by atoms with E-state index in [1.54, 1.807) is 18.0 Å². The van der Waals surface area contributed by atoms with E-state index in [0.29, 0.717) is 18.4 Å². The van der Waals surface area contributed by atoms with Crippen molar-refractivity contribution < 1.29 is 4.42 Å². The molecule has 0 spiro atoms. The molecule has 6 heteroatoms. The van der Waals surface area contributed by atoms with E-state index < -0.39 is 0 Å². The summed E-state index contributed by atoms with van der Waals surface area (Å²) in [7, 11) is 0. The SMILES string of the molecule is CCSc1nnc(N2CC(C)CC(C)C2)n1Cc1ccco1. The van der Waals surface area contributed by atoms with E-state index in [2.05, 4.69) is 40.4 Å². The maximum atomic E-state index is 5.52. The first kappa shape index (κ1) is 15.5. The van der Waals surface area contributed by atoms with E-state index in [0.717, 1.165) is 35.7 Å². The molecule has 0 N–H and O–H groups in total. The van der Waals surface area contributed by atoms with Crippen LogP contribution in [0.5, 0.6) is 0 Å². The molecule has 0 bridgehead atoms. The molecule has 2 aromatic rings. The van der Waals surface area contributed by atoms with Crippen molar-refractivity contribution >= 4 is 17.7 Å². The van der Waals surface area contributed by atoms with Crippen molar-refractivity contribution in [1.29, 1.82) is 0 Å². The maximum absolute atomic E-state index is 5.52. The molecule has 0 saturated carbocycles. The highest BCUT2D eigenvalue weighted by Gasteiger charge is 2.26. The first-order chi connectivity index (χ1) is 10.7. The predicted octanol–water partition coefficient (Wildman–Crippen LogP) is 3.51. The second-order valence-corrected chi connectivity index (χ2v) is 7.46. The van der Waals surface area contributed by atoms with Crippen molar-refractivity contribution in [3.05, 3.63) is 24.2 Å². The maximum Gasteiger partial charge on any atom is 0.228 e. The quantitative estimate of drug-likeness (QED) is 0.789. The van der Waals surface area contributed by atoms with Gasteiger partial charge in [0.15, 0.2) is 5.16 Å². The van der Waals surface area contributed by atoms with Crippen molar-refractivity contribution in [2.45, 2.75) is 38.9 Å². The zero-order valence-electron chi connectivity index (χ0n) is 13.5. The summed E-state index contributed by atoms with van der Waals surface area (Å²) in [6.45, 7) is 9.57. The third-order valence-corrected chi connectivity index (χ3v) is 4.87. The van der Waals surface area contributed by atoms with Gasteiger partial charge in [0, 0.05) is 13.1 Å². The number of nitrogens with zero attached hydrogens (tertiary/aromatic N) is 4. The van der Waals surface area contributed by atoms with E-state index in [4.69, 9.17) is 4.42 Å². The lowest BCUT2D eigenvalue weighted by molar-refractivity contribution is 0.350. The molecule has 1 aliphatic heterocycles. The molecule has 1 aliphatic rings. The van der Waals surface area contributed by atoms with Gasteiger partial charge in [0.2, 0.25) is 5.95 Å². The summed E-state index contributed by atoms with van der Waals surface area (Å²) < 4.78 is 7.71. The van der Waals surface area contributed by atoms with E-state index in [9.17, 15) is 0 Å². The number of furan rings is 1. The Labute approximate surface area is 136 Å². The highest BCUT2D eigenvalue weighted by Crippen LogP contribution is 2.28. The van der Waals surface area contributed by atoms with Crippen LogP contribution in [-0.4, -0.2) is 33.6 Å². The van der Waals surface area contributed by atoms with E-state index in [1.165, 1.54) is 6.42 Å². The van der Waals surface area contributed by atoms with Gasteiger partial charge in [0.05, 0.1) is 12.8 Å². The van der Waals surface area contributed by atoms with Gasteiger partial charge in [-0.3, -0.25) is 4.57 Å². The molecule has 120 valence electrons. The zero-order chi connectivity index (χ0) is 15.5. The third kappa shape index (κ3) is 3.32. The first-order valence-corrected chi connectivity index (χ1v) is 8.99. The minimum Gasteiger partial charge on any atom is -0.467 e. The Morgan fingerprint density at radius 1 is 1.27 bits per heavy atom. The van der Waals surface area contributed by atoms with E-state index in [-0.39, 0.29) is 0 Å². The van der Waals surface area contributed by atoms with Gasteiger partial charge in [0.25, 0.3) is 0 Å². The molecule has 0 aliphatic carbocycles. The Bertz CT molecular complexity index is 585. The van der Waals surface area contributed by atoms with Crippen molar-refractivity contribution in [2.75, 3.05) is 23.7 Å². The summed E-state index contributed by atoms with van der Waals surface area (Å²) in [5.74, 6) is 4.30. The largest absolute Gasteiger partial charge is 0.467 e. The van der Waals surface area contributed by atoms with Crippen LogP contribution in [0.25, 0.3) is 0 Å². The average molecular weight is 320 g/mol. The standard InChI is InChI=1S/C16H24N4OS/c1-4-22-16-18-17-15(19-9-12(2)8-13(3)10-19)20(16)11-14-6-5-7-21-14/h5-7,12-13H,4,8-11H2,1-3H3. The second-order valence-electron chi connectivity index (χ2n) is 6.23. The molecule has 0 radical (unpaired) electrons. The van der Waals surface area contributed by atoms with E-state index >= 15 is 0 Å². The van der Waals surface area contributed by atoms with Crippen LogP contribution in [0.1, 0.15) is 33.0 Å². The number of hydrogen-bond acceptors (Lipinski definition) is 5. The van der Waals surface area contributed by atoms with Crippen molar-refractivity contribution in [3.8, 4) is 0 Å². The van der Waals surface area contributed by atoms with Crippen LogP contribution in [0.3, 0.4) is 0 Å². The molecule has 0 amide bonds. The molecular weight excluding hydrogens is 296 g/mol. The van der Waals surface area contributed by atoms with Gasteiger partial charge in [-0.1, -0.05) is 32.5 Å². The second kappa shape index (κ2) is 6.77. The molecule has 2 aromatic heterocycles. The lowest BCUT2D eigenvalue weighted by atomic mass is 9.92.